The Morgan fingerprint density at radius 2 is 1.96 bits per heavy atom. The molecule has 0 saturated heterocycles. The highest BCUT2D eigenvalue weighted by atomic mass is 16.2. The molecule has 2 aromatic rings. The number of rotatable bonds is 6. The van der Waals surface area contributed by atoms with Gasteiger partial charge in [-0.2, -0.15) is 0 Å². The van der Waals surface area contributed by atoms with Crippen molar-refractivity contribution in [1.82, 2.24) is 14.5 Å². The van der Waals surface area contributed by atoms with Crippen molar-refractivity contribution >= 4 is 5.91 Å². The zero-order valence-corrected chi connectivity index (χ0v) is 14.2. The second-order valence-corrected chi connectivity index (χ2v) is 6.75. The minimum absolute atomic E-state index is 0.0566. The molecular formula is C19H25N3O. The smallest absolute Gasteiger partial charge is 0.291 e. The first-order valence-corrected chi connectivity index (χ1v) is 8.54. The molecule has 0 spiro atoms. The topological polar surface area (TPSA) is 38.1 Å². The van der Waals surface area contributed by atoms with Gasteiger partial charge in [-0.05, 0) is 29.9 Å². The van der Waals surface area contributed by atoms with Crippen LogP contribution in [0.5, 0.6) is 0 Å². The molecule has 3 rings (SSSR count). The van der Waals surface area contributed by atoms with Crippen LogP contribution < -0.4 is 0 Å². The monoisotopic (exact) mass is 311 g/mol. The Morgan fingerprint density at radius 3 is 2.61 bits per heavy atom. The average molecular weight is 311 g/mol. The molecule has 4 heteroatoms. The van der Waals surface area contributed by atoms with Crippen LogP contribution >= 0.6 is 0 Å². The van der Waals surface area contributed by atoms with E-state index in [2.05, 4.69) is 50.0 Å². The van der Waals surface area contributed by atoms with Crippen molar-refractivity contribution in [2.24, 2.45) is 5.92 Å². The lowest BCUT2D eigenvalue weighted by Gasteiger charge is -2.15. The number of fused-ring (bicyclic) bond motifs is 1. The minimum Gasteiger partial charge on any atom is -0.318 e. The summed E-state index contributed by atoms with van der Waals surface area (Å²) in [5, 5.41) is 0. The van der Waals surface area contributed by atoms with E-state index in [1.54, 1.807) is 0 Å². The lowest BCUT2D eigenvalue weighted by molar-refractivity contribution is 0.0764. The van der Waals surface area contributed by atoms with Gasteiger partial charge in [-0.3, -0.25) is 4.79 Å². The molecule has 0 N–H and O–H groups in total. The van der Waals surface area contributed by atoms with Gasteiger partial charge in [0, 0.05) is 6.54 Å². The molecule has 1 aliphatic rings. The predicted molar refractivity (Wildman–Crippen MR) is 92.1 cm³/mol. The second kappa shape index (κ2) is 6.57. The number of amides is 1. The maximum atomic E-state index is 12.4. The molecule has 2 heterocycles. The summed E-state index contributed by atoms with van der Waals surface area (Å²) in [6.45, 7) is 8.04. The van der Waals surface area contributed by atoms with Gasteiger partial charge in [-0.1, -0.05) is 51.5 Å². The highest BCUT2D eigenvalue weighted by molar-refractivity contribution is 5.93. The summed E-state index contributed by atoms with van der Waals surface area (Å²) in [7, 11) is 0. The molecule has 0 atom stereocenters. The molecule has 1 aromatic carbocycles. The molecular weight excluding hydrogens is 286 g/mol. The number of aromatic nitrogens is 2. The van der Waals surface area contributed by atoms with Crippen molar-refractivity contribution in [3.8, 4) is 11.3 Å². The van der Waals surface area contributed by atoms with Gasteiger partial charge >= 0.3 is 0 Å². The first-order valence-electron chi connectivity index (χ1n) is 8.54. The molecule has 0 unspecified atom stereocenters. The Morgan fingerprint density at radius 1 is 1.22 bits per heavy atom. The number of carbonyl (C=O) groups excluding carboxylic acids is 1. The highest BCUT2D eigenvalue weighted by Gasteiger charge is 2.30. The van der Waals surface area contributed by atoms with Crippen molar-refractivity contribution in [3.05, 3.63) is 41.9 Å². The van der Waals surface area contributed by atoms with Gasteiger partial charge in [0.2, 0.25) is 5.82 Å². The third-order valence-corrected chi connectivity index (χ3v) is 4.32. The van der Waals surface area contributed by atoms with E-state index in [-0.39, 0.29) is 5.91 Å². The fourth-order valence-electron chi connectivity index (χ4n) is 3.10. The molecule has 0 fully saturated rings. The summed E-state index contributed by atoms with van der Waals surface area (Å²) in [6.07, 6.45) is 5.04. The Hall–Kier alpha value is -2.10. The van der Waals surface area contributed by atoms with E-state index in [0.29, 0.717) is 18.4 Å². The van der Waals surface area contributed by atoms with Crippen molar-refractivity contribution in [1.29, 1.82) is 0 Å². The molecule has 1 amide bonds. The van der Waals surface area contributed by atoms with Crippen LogP contribution in [-0.4, -0.2) is 26.9 Å². The van der Waals surface area contributed by atoms with Gasteiger partial charge in [0.05, 0.1) is 18.6 Å². The quantitative estimate of drug-likeness (QED) is 0.810. The number of benzene rings is 1. The van der Waals surface area contributed by atoms with Crippen LogP contribution in [0.15, 0.2) is 30.5 Å². The van der Waals surface area contributed by atoms with Gasteiger partial charge in [0.25, 0.3) is 5.91 Å². The molecule has 0 saturated carbocycles. The maximum Gasteiger partial charge on any atom is 0.291 e. The lowest BCUT2D eigenvalue weighted by Crippen LogP contribution is -2.25. The summed E-state index contributed by atoms with van der Waals surface area (Å²) in [4.78, 5) is 18.6. The summed E-state index contributed by atoms with van der Waals surface area (Å²) in [5.74, 6) is 1.29. The predicted octanol–water partition coefficient (Wildman–Crippen LogP) is 3.96. The molecule has 122 valence electrons. The molecule has 0 radical (unpaired) electrons. The van der Waals surface area contributed by atoms with Crippen molar-refractivity contribution in [2.45, 2.75) is 46.7 Å². The zero-order valence-electron chi connectivity index (χ0n) is 14.2. The first kappa shape index (κ1) is 15.8. The first-order chi connectivity index (χ1) is 11.1. The number of nitrogens with zero attached hydrogens (tertiary/aromatic N) is 3. The van der Waals surface area contributed by atoms with Crippen LogP contribution in [0.2, 0.25) is 0 Å². The average Bonchev–Trinajstić information content (AvgIpc) is 3.06. The number of hydrogen-bond donors (Lipinski definition) is 0. The van der Waals surface area contributed by atoms with E-state index < -0.39 is 0 Å². The molecule has 4 nitrogen and oxygen atoms in total. The summed E-state index contributed by atoms with van der Waals surface area (Å²) in [5.41, 5.74) is 3.51. The van der Waals surface area contributed by atoms with E-state index in [1.807, 2.05) is 15.7 Å². The fraction of sp³-hybridized carbons (Fsp3) is 0.474. The van der Waals surface area contributed by atoms with Gasteiger partial charge < -0.3 is 9.47 Å². The summed E-state index contributed by atoms with van der Waals surface area (Å²) >= 11 is 0. The van der Waals surface area contributed by atoms with Crippen LogP contribution in [0.1, 0.15) is 49.8 Å². The van der Waals surface area contributed by atoms with Crippen molar-refractivity contribution in [3.63, 3.8) is 0 Å². The number of hydrogen-bond acceptors (Lipinski definition) is 2. The molecule has 0 bridgehead atoms. The van der Waals surface area contributed by atoms with Gasteiger partial charge in [0.15, 0.2) is 0 Å². The lowest BCUT2D eigenvalue weighted by atomic mass is 10.0. The van der Waals surface area contributed by atoms with Crippen LogP contribution in [0.3, 0.4) is 0 Å². The van der Waals surface area contributed by atoms with Crippen LogP contribution in [-0.2, 0) is 13.1 Å². The largest absolute Gasteiger partial charge is 0.318 e. The summed E-state index contributed by atoms with van der Waals surface area (Å²) in [6, 6.07) is 8.64. The van der Waals surface area contributed by atoms with E-state index >= 15 is 0 Å². The second-order valence-electron chi connectivity index (χ2n) is 6.75. The van der Waals surface area contributed by atoms with E-state index in [0.717, 1.165) is 37.1 Å². The van der Waals surface area contributed by atoms with Crippen LogP contribution in [0.4, 0.5) is 0 Å². The Kier molecular flexibility index (Phi) is 4.51. The molecule has 1 aromatic heterocycles. The third-order valence-electron chi connectivity index (χ3n) is 4.32. The van der Waals surface area contributed by atoms with Gasteiger partial charge in [-0.25, -0.2) is 4.98 Å². The number of imidazole rings is 1. The normalized spacial score (nSPS) is 13.9. The Balaban J connectivity index is 1.81. The van der Waals surface area contributed by atoms with E-state index in [9.17, 15) is 4.79 Å². The van der Waals surface area contributed by atoms with Crippen LogP contribution in [0.25, 0.3) is 11.3 Å². The molecule has 23 heavy (non-hydrogen) atoms. The molecule has 1 aliphatic heterocycles. The SMILES string of the molecule is CCCCN1Cn2c(-c3ccc(CC(C)C)cc3)cnc2C1=O. The van der Waals surface area contributed by atoms with Crippen LogP contribution in [0, 0.1) is 5.92 Å². The zero-order chi connectivity index (χ0) is 16.4. The van der Waals surface area contributed by atoms with Crippen molar-refractivity contribution < 1.29 is 4.79 Å². The Bertz CT molecular complexity index is 685. The summed E-state index contributed by atoms with van der Waals surface area (Å²) < 4.78 is 2.04. The highest BCUT2D eigenvalue weighted by Crippen LogP contribution is 2.26. The fourth-order valence-corrected chi connectivity index (χ4v) is 3.10. The van der Waals surface area contributed by atoms with Gasteiger partial charge in [0.1, 0.15) is 0 Å². The standard InChI is InChI=1S/C19H25N3O/c1-4-5-10-21-13-22-17(12-20-18(22)19(21)23)16-8-6-15(7-9-16)11-14(2)3/h6-9,12,14H,4-5,10-11,13H2,1-3H3. The number of carbonyl (C=O) groups is 1. The van der Waals surface area contributed by atoms with Gasteiger partial charge in [-0.15, -0.1) is 0 Å². The third kappa shape index (κ3) is 3.16. The van der Waals surface area contributed by atoms with Crippen molar-refractivity contribution in [2.75, 3.05) is 6.54 Å². The Labute approximate surface area is 138 Å². The van der Waals surface area contributed by atoms with E-state index in [4.69, 9.17) is 0 Å². The molecule has 0 aliphatic carbocycles. The van der Waals surface area contributed by atoms with E-state index in [1.165, 1.54) is 5.56 Å². The maximum absolute atomic E-state index is 12.4. The number of unbranched alkanes of at least 4 members (excludes halogenated alkanes) is 1. The minimum atomic E-state index is 0.0566.